The van der Waals surface area contributed by atoms with E-state index in [0.717, 1.165) is 23.8 Å². The first kappa shape index (κ1) is 17.8. The van der Waals surface area contributed by atoms with Gasteiger partial charge in [0.05, 0.1) is 7.11 Å². The molecule has 1 N–H and O–H groups in total. The Morgan fingerprint density at radius 2 is 2.20 bits per heavy atom. The molecule has 4 atom stereocenters. The summed E-state index contributed by atoms with van der Waals surface area (Å²) in [7, 11) is 1.61. The van der Waals surface area contributed by atoms with Crippen LogP contribution >= 0.6 is 0 Å². The van der Waals surface area contributed by atoms with Crippen molar-refractivity contribution in [3.8, 4) is 11.5 Å². The van der Waals surface area contributed by atoms with E-state index in [1.165, 1.54) is 25.7 Å². The van der Waals surface area contributed by atoms with Crippen LogP contribution in [0.3, 0.4) is 0 Å². The zero-order valence-corrected chi connectivity index (χ0v) is 15.3. The van der Waals surface area contributed by atoms with Gasteiger partial charge in [-0.25, -0.2) is 0 Å². The average Bonchev–Trinajstić information content (AvgIpc) is 3.24. The van der Waals surface area contributed by atoms with Crippen LogP contribution in [0.5, 0.6) is 11.5 Å². The van der Waals surface area contributed by atoms with Crippen molar-refractivity contribution >= 4 is 5.91 Å². The van der Waals surface area contributed by atoms with Gasteiger partial charge in [0, 0.05) is 6.04 Å². The lowest BCUT2D eigenvalue weighted by Gasteiger charge is -2.28. The van der Waals surface area contributed by atoms with Gasteiger partial charge in [0.25, 0.3) is 5.91 Å². The maximum atomic E-state index is 12.3. The lowest BCUT2D eigenvalue weighted by atomic mass is 9.84. The van der Waals surface area contributed by atoms with Gasteiger partial charge in [0.2, 0.25) is 0 Å². The molecular formula is C21H29NO3. The Kier molecular flexibility index (Phi) is 5.67. The fraction of sp³-hybridized carbons (Fsp3) is 0.571. The van der Waals surface area contributed by atoms with Gasteiger partial charge in [-0.15, -0.1) is 6.58 Å². The first-order valence-electron chi connectivity index (χ1n) is 9.30. The maximum Gasteiger partial charge on any atom is 0.258 e. The molecule has 0 aromatic heterocycles. The number of carbonyl (C=O) groups excluding carboxylic acids is 1. The van der Waals surface area contributed by atoms with Gasteiger partial charge in [0.1, 0.15) is 0 Å². The van der Waals surface area contributed by atoms with Gasteiger partial charge in [-0.2, -0.15) is 0 Å². The second-order valence-electron chi connectivity index (χ2n) is 7.46. The third-order valence-corrected chi connectivity index (χ3v) is 5.79. The quantitative estimate of drug-likeness (QED) is 0.732. The normalized spacial score (nSPS) is 25.4. The van der Waals surface area contributed by atoms with E-state index in [1.54, 1.807) is 7.11 Å². The summed E-state index contributed by atoms with van der Waals surface area (Å²) in [6.07, 6.45) is 7.96. The predicted octanol–water partition coefficient (Wildman–Crippen LogP) is 3.74. The standard InChI is InChI=1S/C21H29NO3/c1-4-5-15-7-9-19(20(12-15)24-3)25-13-21(23)22-14(2)18-11-16-6-8-17(18)10-16/h4,7,9,12,14,16-18H,1,5-6,8,10-11,13H2,2-3H3,(H,22,23). The number of hydrogen-bond acceptors (Lipinski definition) is 3. The number of rotatable bonds is 8. The molecule has 2 fully saturated rings. The van der Waals surface area contributed by atoms with Crippen LogP contribution in [0.15, 0.2) is 30.9 Å². The van der Waals surface area contributed by atoms with Gasteiger partial charge >= 0.3 is 0 Å². The van der Waals surface area contributed by atoms with Crippen LogP contribution in [-0.4, -0.2) is 25.7 Å². The van der Waals surface area contributed by atoms with Crippen LogP contribution in [0.2, 0.25) is 0 Å². The van der Waals surface area contributed by atoms with E-state index in [2.05, 4.69) is 18.8 Å². The van der Waals surface area contributed by atoms with Crippen LogP contribution in [0.4, 0.5) is 0 Å². The lowest BCUT2D eigenvalue weighted by Crippen LogP contribution is -2.42. The number of hydrogen-bond donors (Lipinski definition) is 1. The van der Waals surface area contributed by atoms with Crippen LogP contribution < -0.4 is 14.8 Å². The van der Waals surface area contributed by atoms with Crippen molar-refractivity contribution in [3.05, 3.63) is 36.4 Å². The van der Waals surface area contributed by atoms with Gasteiger partial charge in [-0.05, 0) is 68.1 Å². The minimum Gasteiger partial charge on any atom is -0.493 e. The first-order valence-corrected chi connectivity index (χ1v) is 9.30. The molecule has 2 aliphatic carbocycles. The zero-order valence-electron chi connectivity index (χ0n) is 15.3. The fourth-order valence-electron chi connectivity index (χ4n) is 4.58. The summed E-state index contributed by atoms with van der Waals surface area (Å²) >= 11 is 0. The van der Waals surface area contributed by atoms with Crippen LogP contribution in [-0.2, 0) is 11.2 Å². The number of fused-ring (bicyclic) bond motifs is 2. The highest BCUT2D eigenvalue weighted by Gasteiger charge is 2.42. The molecule has 2 saturated carbocycles. The molecule has 4 unspecified atom stereocenters. The molecule has 4 heteroatoms. The number of amides is 1. The lowest BCUT2D eigenvalue weighted by molar-refractivity contribution is -0.124. The van der Waals surface area contributed by atoms with Crippen molar-refractivity contribution in [2.45, 2.75) is 45.1 Å². The van der Waals surface area contributed by atoms with E-state index in [9.17, 15) is 4.79 Å². The maximum absolute atomic E-state index is 12.3. The molecular weight excluding hydrogens is 314 g/mol. The van der Waals surface area contributed by atoms with Crippen molar-refractivity contribution in [1.82, 2.24) is 5.32 Å². The van der Waals surface area contributed by atoms with Crippen molar-refractivity contribution in [2.24, 2.45) is 17.8 Å². The smallest absolute Gasteiger partial charge is 0.258 e. The molecule has 1 amide bonds. The van der Waals surface area contributed by atoms with Gasteiger partial charge in [-0.3, -0.25) is 4.79 Å². The first-order chi connectivity index (χ1) is 12.1. The third kappa shape index (κ3) is 4.17. The summed E-state index contributed by atoms with van der Waals surface area (Å²) in [5, 5.41) is 3.13. The van der Waals surface area contributed by atoms with Gasteiger partial charge < -0.3 is 14.8 Å². The van der Waals surface area contributed by atoms with Crippen molar-refractivity contribution in [3.63, 3.8) is 0 Å². The summed E-state index contributed by atoms with van der Waals surface area (Å²) in [5.41, 5.74) is 1.11. The Morgan fingerprint density at radius 3 is 2.84 bits per heavy atom. The van der Waals surface area contributed by atoms with E-state index < -0.39 is 0 Å². The molecule has 0 spiro atoms. The Labute approximate surface area is 150 Å². The summed E-state index contributed by atoms with van der Waals surface area (Å²) in [6, 6.07) is 5.97. The van der Waals surface area contributed by atoms with E-state index in [0.29, 0.717) is 17.4 Å². The molecule has 0 saturated heterocycles. The molecule has 4 nitrogen and oxygen atoms in total. The highest BCUT2D eigenvalue weighted by atomic mass is 16.5. The number of benzene rings is 1. The SMILES string of the molecule is C=CCc1ccc(OCC(=O)NC(C)C2CC3CCC2C3)c(OC)c1. The molecule has 25 heavy (non-hydrogen) atoms. The van der Waals surface area contributed by atoms with E-state index in [1.807, 2.05) is 24.3 Å². The molecule has 0 heterocycles. The Bertz CT molecular complexity index is 628. The van der Waals surface area contributed by atoms with Crippen molar-refractivity contribution < 1.29 is 14.3 Å². The fourth-order valence-corrected chi connectivity index (χ4v) is 4.58. The Morgan fingerprint density at radius 1 is 1.36 bits per heavy atom. The molecule has 2 aliphatic rings. The Hall–Kier alpha value is -1.97. The molecule has 0 aliphatic heterocycles. The minimum absolute atomic E-state index is 0.0162. The van der Waals surface area contributed by atoms with Crippen molar-refractivity contribution in [2.75, 3.05) is 13.7 Å². The second-order valence-corrected chi connectivity index (χ2v) is 7.46. The molecule has 136 valence electrons. The highest BCUT2D eigenvalue weighted by molar-refractivity contribution is 5.78. The van der Waals surface area contributed by atoms with Crippen LogP contribution in [0.1, 0.15) is 38.2 Å². The third-order valence-electron chi connectivity index (χ3n) is 5.79. The zero-order chi connectivity index (χ0) is 17.8. The minimum atomic E-state index is -0.0625. The number of ether oxygens (including phenoxy) is 2. The number of methoxy groups -OCH3 is 1. The molecule has 0 radical (unpaired) electrons. The summed E-state index contributed by atoms with van der Waals surface area (Å²) in [4.78, 5) is 12.3. The van der Waals surface area contributed by atoms with E-state index >= 15 is 0 Å². The van der Waals surface area contributed by atoms with Crippen LogP contribution in [0.25, 0.3) is 0 Å². The van der Waals surface area contributed by atoms with E-state index in [-0.39, 0.29) is 18.6 Å². The number of nitrogens with one attached hydrogen (secondary N) is 1. The molecule has 1 aromatic rings. The number of allylic oxidation sites excluding steroid dienone is 1. The topological polar surface area (TPSA) is 47.6 Å². The van der Waals surface area contributed by atoms with E-state index in [4.69, 9.17) is 9.47 Å². The molecule has 2 bridgehead atoms. The summed E-state index contributed by atoms with van der Waals surface area (Å²) in [5.74, 6) is 3.51. The van der Waals surface area contributed by atoms with Gasteiger partial charge in [0.15, 0.2) is 18.1 Å². The largest absolute Gasteiger partial charge is 0.493 e. The predicted molar refractivity (Wildman–Crippen MR) is 98.9 cm³/mol. The summed E-state index contributed by atoms with van der Waals surface area (Å²) in [6.45, 7) is 5.89. The molecule has 3 rings (SSSR count). The second kappa shape index (κ2) is 7.94. The average molecular weight is 343 g/mol. The van der Waals surface area contributed by atoms with Gasteiger partial charge in [-0.1, -0.05) is 18.6 Å². The van der Waals surface area contributed by atoms with Crippen molar-refractivity contribution in [1.29, 1.82) is 0 Å². The summed E-state index contributed by atoms with van der Waals surface area (Å²) < 4.78 is 11.1. The molecule has 1 aromatic carbocycles. The number of carbonyl (C=O) groups is 1. The monoisotopic (exact) mass is 343 g/mol. The highest BCUT2D eigenvalue weighted by Crippen LogP contribution is 2.49. The Balaban J connectivity index is 1.51. The van der Waals surface area contributed by atoms with Crippen LogP contribution in [0, 0.1) is 17.8 Å².